The molecule has 1 fully saturated rings. The molecule has 0 atom stereocenters. The number of aryl methyl sites for hydroxylation is 1. The second-order valence-electron chi connectivity index (χ2n) is 4.90. The maximum absolute atomic E-state index is 11.2. The highest BCUT2D eigenvalue weighted by Gasteiger charge is 2.22. The van der Waals surface area contributed by atoms with Crippen molar-refractivity contribution in [3.05, 3.63) is 18.1 Å². The van der Waals surface area contributed by atoms with Gasteiger partial charge in [-0.2, -0.15) is 0 Å². The average molecular weight is 274 g/mol. The molecule has 0 saturated carbocycles. The number of carbonyl (C=O) groups excluding carboxylic acids is 1. The minimum Gasteiger partial charge on any atom is -0.352 e. The fourth-order valence-corrected chi connectivity index (χ4v) is 2.67. The van der Waals surface area contributed by atoms with E-state index in [0.717, 1.165) is 36.4 Å². The van der Waals surface area contributed by atoms with Crippen LogP contribution in [0, 0.1) is 0 Å². The zero-order valence-corrected chi connectivity index (χ0v) is 11.5. The zero-order chi connectivity index (χ0) is 14.1. The number of hydrogen-bond acceptors (Lipinski definition) is 4. The van der Waals surface area contributed by atoms with Gasteiger partial charge in [0.25, 0.3) is 0 Å². The first kappa shape index (κ1) is 12.7. The van der Waals surface area contributed by atoms with E-state index in [2.05, 4.69) is 26.8 Å². The summed E-state index contributed by atoms with van der Waals surface area (Å²) < 4.78 is 0. The van der Waals surface area contributed by atoms with Crippen LogP contribution in [-0.4, -0.2) is 52.1 Å². The fourth-order valence-electron chi connectivity index (χ4n) is 2.67. The van der Waals surface area contributed by atoms with E-state index in [1.54, 1.807) is 11.2 Å². The molecule has 0 aromatic carbocycles. The van der Waals surface area contributed by atoms with E-state index in [4.69, 9.17) is 5.73 Å². The van der Waals surface area contributed by atoms with E-state index >= 15 is 0 Å². The molecule has 0 bridgehead atoms. The molecule has 7 nitrogen and oxygen atoms in total. The fraction of sp³-hybridized carbons (Fsp3) is 0.462. The topological polar surface area (TPSA) is 91.1 Å². The van der Waals surface area contributed by atoms with Crippen molar-refractivity contribution in [1.82, 2.24) is 19.9 Å². The van der Waals surface area contributed by atoms with Crippen LogP contribution in [-0.2, 0) is 6.42 Å². The molecule has 1 aliphatic rings. The Balaban J connectivity index is 1.91. The minimum atomic E-state index is -0.353. The van der Waals surface area contributed by atoms with E-state index in [-0.39, 0.29) is 6.03 Å². The number of aromatic amines is 1. The van der Waals surface area contributed by atoms with Crippen molar-refractivity contribution >= 4 is 22.9 Å². The van der Waals surface area contributed by atoms with Gasteiger partial charge in [0.2, 0.25) is 0 Å². The molecule has 2 aromatic rings. The van der Waals surface area contributed by atoms with Crippen molar-refractivity contribution in [3.8, 4) is 0 Å². The van der Waals surface area contributed by atoms with Crippen LogP contribution in [0.15, 0.2) is 12.5 Å². The van der Waals surface area contributed by atoms with Gasteiger partial charge in [0.05, 0.1) is 5.39 Å². The first-order valence-electron chi connectivity index (χ1n) is 6.81. The number of piperazine rings is 1. The third-order valence-corrected chi connectivity index (χ3v) is 3.80. The molecule has 1 saturated heterocycles. The number of rotatable bonds is 2. The number of nitrogens with zero attached hydrogens (tertiary/aromatic N) is 4. The van der Waals surface area contributed by atoms with Gasteiger partial charge >= 0.3 is 6.03 Å². The number of fused-ring (bicyclic) bond motifs is 1. The molecule has 2 amide bonds. The number of anilines is 1. The lowest BCUT2D eigenvalue weighted by atomic mass is 10.1. The van der Waals surface area contributed by atoms with Crippen molar-refractivity contribution in [2.45, 2.75) is 13.3 Å². The number of primary amides is 1. The Morgan fingerprint density at radius 2 is 2.10 bits per heavy atom. The predicted octanol–water partition coefficient (Wildman–Crippen LogP) is 0.721. The van der Waals surface area contributed by atoms with Crippen LogP contribution in [0.25, 0.3) is 11.0 Å². The second-order valence-corrected chi connectivity index (χ2v) is 4.90. The summed E-state index contributed by atoms with van der Waals surface area (Å²) in [6, 6.07) is -0.353. The number of nitrogens with two attached hydrogens (primary N) is 1. The third-order valence-electron chi connectivity index (χ3n) is 3.80. The number of H-pyrrole nitrogens is 1. The highest BCUT2D eigenvalue weighted by Crippen LogP contribution is 2.27. The Morgan fingerprint density at radius 1 is 1.35 bits per heavy atom. The van der Waals surface area contributed by atoms with Crippen LogP contribution in [0.1, 0.15) is 12.5 Å². The average Bonchev–Trinajstić information content (AvgIpc) is 2.90. The van der Waals surface area contributed by atoms with E-state index in [9.17, 15) is 4.79 Å². The second kappa shape index (κ2) is 4.99. The Labute approximate surface area is 116 Å². The van der Waals surface area contributed by atoms with Gasteiger partial charge in [-0.1, -0.05) is 6.92 Å². The molecule has 0 radical (unpaired) electrons. The lowest BCUT2D eigenvalue weighted by Gasteiger charge is -2.34. The first-order chi connectivity index (χ1) is 9.70. The van der Waals surface area contributed by atoms with Gasteiger partial charge < -0.3 is 20.5 Å². The number of amides is 2. The standard InChI is InChI=1S/C13H18N6O/c1-2-9-7-15-11-10(9)12(17-8-16-11)18-3-5-19(6-4-18)13(14)20/h7-8H,2-6H2,1H3,(H2,14,20)(H,15,16,17). The molecule has 3 N–H and O–H groups in total. The number of urea groups is 1. The van der Waals surface area contributed by atoms with Crippen molar-refractivity contribution < 1.29 is 4.79 Å². The summed E-state index contributed by atoms with van der Waals surface area (Å²) in [5, 5.41) is 1.09. The maximum Gasteiger partial charge on any atom is 0.314 e. The Hall–Kier alpha value is -2.31. The van der Waals surface area contributed by atoms with Gasteiger partial charge in [0, 0.05) is 32.4 Å². The summed E-state index contributed by atoms with van der Waals surface area (Å²) in [6.45, 7) is 4.86. The first-order valence-corrected chi connectivity index (χ1v) is 6.81. The summed E-state index contributed by atoms with van der Waals surface area (Å²) in [6.07, 6.45) is 4.50. The van der Waals surface area contributed by atoms with E-state index in [1.807, 2.05) is 6.20 Å². The van der Waals surface area contributed by atoms with Crippen molar-refractivity contribution in [2.24, 2.45) is 5.73 Å². The SMILES string of the molecule is CCc1c[nH]c2ncnc(N3CCN(C(N)=O)CC3)c12. The van der Waals surface area contributed by atoms with Crippen molar-refractivity contribution in [3.63, 3.8) is 0 Å². The summed E-state index contributed by atoms with van der Waals surface area (Å²) in [4.78, 5) is 26.9. The normalized spacial score (nSPS) is 15.8. The molecular formula is C13H18N6O. The van der Waals surface area contributed by atoms with Crippen LogP contribution in [0.4, 0.5) is 10.6 Å². The molecule has 106 valence electrons. The quantitative estimate of drug-likeness (QED) is 0.844. The summed E-state index contributed by atoms with van der Waals surface area (Å²) in [7, 11) is 0. The molecule has 3 rings (SSSR count). The van der Waals surface area contributed by atoms with Crippen LogP contribution in [0.3, 0.4) is 0 Å². The Morgan fingerprint density at radius 3 is 2.75 bits per heavy atom. The molecular weight excluding hydrogens is 256 g/mol. The van der Waals surface area contributed by atoms with Crippen molar-refractivity contribution in [1.29, 1.82) is 0 Å². The van der Waals surface area contributed by atoms with Gasteiger partial charge in [-0.25, -0.2) is 14.8 Å². The molecule has 0 aliphatic carbocycles. The molecule has 7 heteroatoms. The lowest BCUT2D eigenvalue weighted by Crippen LogP contribution is -2.50. The van der Waals surface area contributed by atoms with E-state index in [0.29, 0.717) is 13.1 Å². The molecule has 0 spiro atoms. The molecule has 3 heterocycles. The Bertz CT molecular complexity index is 629. The molecule has 2 aromatic heterocycles. The molecule has 0 unspecified atom stereocenters. The number of aromatic nitrogens is 3. The summed E-state index contributed by atoms with van der Waals surface area (Å²) in [5.41, 5.74) is 7.39. The van der Waals surface area contributed by atoms with Crippen LogP contribution in [0.2, 0.25) is 0 Å². The monoisotopic (exact) mass is 274 g/mol. The number of carbonyl (C=O) groups is 1. The molecule has 20 heavy (non-hydrogen) atoms. The lowest BCUT2D eigenvalue weighted by molar-refractivity contribution is 0.204. The zero-order valence-electron chi connectivity index (χ0n) is 11.5. The number of nitrogens with one attached hydrogen (secondary N) is 1. The summed E-state index contributed by atoms with van der Waals surface area (Å²) >= 11 is 0. The maximum atomic E-state index is 11.2. The van der Waals surface area contributed by atoms with Crippen LogP contribution >= 0.6 is 0 Å². The van der Waals surface area contributed by atoms with E-state index in [1.165, 1.54) is 5.56 Å². The largest absolute Gasteiger partial charge is 0.352 e. The van der Waals surface area contributed by atoms with Crippen LogP contribution < -0.4 is 10.6 Å². The van der Waals surface area contributed by atoms with Gasteiger partial charge in [-0.3, -0.25) is 0 Å². The highest BCUT2D eigenvalue weighted by atomic mass is 16.2. The van der Waals surface area contributed by atoms with Gasteiger partial charge in [0.15, 0.2) is 0 Å². The molecule has 1 aliphatic heterocycles. The predicted molar refractivity (Wildman–Crippen MR) is 76.6 cm³/mol. The number of hydrogen-bond donors (Lipinski definition) is 2. The third kappa shape index (κ3) is 2.04. The Kier molecular flexibility index (Phi) is 3.17. The smallest absolute Gasteiger partial charge is 0.314 e. The summed E-state index contributed by atoms with van der Waals surface area (Å²) in [5.74, 6) is 0.942. The van der Waals surface area contributed by atoms with Crippen molar-refractivity contribution in [2.75, 3.05) is 31.1 Å². The van der Waals surface area contributed by atoms with Gasteiger partial charge in [-0.05, 0) is 12.0 Å². The van der Waals surface area contributed by atoms with Gasteiger partial charge in [-0.15, -0.1) is 0 Å². The minimum absolute atomic E-state index is 0.353. The van der Waals surface area contributed by atoms with E-state index < -0.39 is 0 Å². The van der Waals surface area contributed by atoms with Gasteiger partial charge in [0.1, 0.15) is 17.8 Å². The highest BCUT2D eigenvalue weighted by molar-refractivity contribution is 5.91. The van der Waals surface area contributed by atoms with Crippen LogP contribution in [0.5, 0.6) is 0 Å².